The van der Waals surface area contributed by atoms with Gasteiger partial charge in [-0.25, -0.2) is 14.8 Å². The number of pyridine rings is 1. The second-order valence-corrected chi connectivity index (χ2v) is 4.39. The highest BCUT2D eigenvalue weighted by Crippen LogP contribution is 2.14. The van der Waals surface area contributed by atoms with Crippen LogP contribution in [0.2, 0.25) is 5.15 Å². The molecule has 0 unspecified atom stereocenters. The van der Waals surface area contributed by atoms with Crippen LogP contribution in [0.4, 0.5) is 5.82 Å². The number of imidazole rings is 1. The Balaban J connectivity index is 2.00. The van der Waals surface area contributed by atoms with Gasteiger partial charge < -0.3 is 15.0 Å². The second kappa shape index (κ2) is 5.71. The van der Waals surface area contributed by atoms with E-state index in [9.17, 15) is 4.79 Å². The van der Waals surface area contributed by atoms with Gasteiger partial charge in [0.05, 0.1) is 5.56 Å². The van der Waals surface area contributed by atoms with Gasteiger partial charge >= 0.3 is 5.97 Å². The first-order valence-electron chi connectivity index (χ1n) is 5.67. The molecule has 7 heteroatoms. The number of aryl methyl sites for hydroxylation is 1. The number of hydrogen-bond acceptors (Lipinski definition) is 4. The normalized spacial score (nSPS) is 10.4. The minimum absolute atomic E-state index is 0.111. The minimum atomic E-state index is -1.03. The number of carboxylic acids is 1. The number of aromatic carboxylic acids is 1. The van der Waals surface area contributed by atoms with Crippen molar-refractivity contribution in [2.45, 2.75) is 6.42 Å². The number of aromatic nitrogens is 3. The molecule has 0 radical (unpaired) electrons. The number of halogens is 1. The molecule has 100 valence electrons. The molecule has 0 amide bonds. The lowest BCUT2D eigenvalue weighted by atomic mass is 10.2. The molecule has 6 nitrogen and oxygen atoms in total. The molecule has 0 aromatic carbocycles. The number of carboxylic acid groups (broad SMARTS) is 1. The largest absolute Gasteiger partial charge is 0.478 e. The quantitative estimate of drug-likeness (QED) is 0.817. The summed E-state index contributed by atoms with van der Waals surface area (Å²) in [4.78, 5) is 19.1. The van der Waals surface area contributed by atoms with Crippen LogP contribution in [0.3, 0.4) is 0 Å². The van der Waals surface area contributed by atoms with Gasteiger partial charge in [-0.15, -0.1) is 0 Å². The molecule has 0 bridgehead atoms. The SMILES string of the molecule is Cn1ccnc1CCNc1cc(C(=O)O)cc(Cl)n1. The molecule has 0 atom stereocenters. The Bertz CT molecular complexity index is 597. The van der Waals surface area contributed by atoms with E-state index in [1.54, 1.807) is 6.20 Å². The fourth-order valence-electron chi connectivity index (χ4n) is 1.65. The highest BCUT2D eigenvalue weighted by molar-refractivity contribution is 6.29. The maximum Gasteiger partial charge on any atom is 0.335 e. The average molecular weight is 281 g/mol. The van der Waals surface area contributed by atoms with Crippen molar-refractivity contribution in [3.63, 3.8) is 0 Å². The molecule has 0 spiro atoms. The smallest absolute Gasteiger partial charge is 0.335 e. The lowest BCUT2D eigenvalue weighted by molar-refractivity contribution is 0.0697. The molecule has 0 saturated carbocycles. The van der Waals surface area contributed by atoms with E-state index in [4.69, 9.17) is 16.7 Å². The summed E-state index contributed by atoms with van der Waals surface area (Å²) in [5.41, 5.74) is 0.111. The molecule has 2 N–H and O–H groups in total. The van der Waals surface area contributed by atoms with Crippen molar-refractivity contribution in [3.05, 3.63) is 41.1 Å². The molecule has 2 aromatic rings. The molecule has 19 heavy (non-hydrogen) atoms. The zero-order valence-corrected chi connectivity index (χ0v) is 11.1. The van der Waals surface area contributed by atoms with Crippen LogP contribution in [0.25, 0.3) is 0 Å². The Hall–Kier alpha value is -2.08. The van der Waals surface area contributed by atoms with Gasteiger partial charge in [-0.05, 0) is 12.1 Å². The number of rotatable bonds is 5. The molecule has 0 aliphatic heterocycles. The second-order valence-electron chi connectivity index (χ2n) is 4.00. The van der Waals surface area contributed by atoms with Gasteiger partial charge in [0.15, 0.2) is 0 Å². The first-order valence-corrected chi connectivity index (χ1v) is 6.05. The zero-order valence-electron chi connectivity index (χ0n) is 10.3. The first kappa shape index (κ1) is 13.4. The van der Waals surface area contributed by atoms with Crippen molar-refractivity contribution in [1.82, 2.24) is 14.5 Å². The summed E-state index contributed by atoms with van der Waals surface area (Å²) in [6.07, 6.45) is 4.31. The van der Waals surface area contributed by atoms with Gasteiger partial charge in [0, 0.05) is 32.4 Å². The van der Waals surface area contributed by atoms with E-state index in [1.807, 2.05) is 17.8 Å². The van der Waals surface area contributed by atoms with E-state index in [0.717, 1.165) is 5.82 Å². The molecule has 0 aliphatic rings. The molecule has 0 saturated heterocycles. The zero-order chi connectivity index (χ0) is 13.8. The van der Waals surface area contributed by atoms with Gasteiger partial charge in [-0.2, -0.15) is 0 Å². The van der Waals surface area contributed by atoms with Crippen molar-refractivity contribution < 1.29 is 9.90 Å². The van der Waals surface area contributed by atoms with Gasteiger partial charge in [0.25, 0.3) is 0 Å². The number of carbonyl (C=O) groups is 1. The third-order valence-corrected chi connectivity index (χ3v) is 2.81. The van der Waals surface area contributed by atoms with Crippen molar-refractivity contribution in [1.29, 1.82) is 0 Å². The number of anilines is 1. The first-order chi connectivity index (χ1) is 9.06. The van der Waals surface area contributed by atoms with E-state index < -0.39 is 5.97 Å². The summed E-state index contributed by atoms with van der Waals surface area (Å²) in [6, 6.07) is 2.76. The summed E-state index contributed by atoms with van der Waals surface area (Å²) in [5, 5.41) is 12.1. The molecule has 0 fully saturated rings. The Morgan fingerprint density at radius 2 is 2.32 bits per heavy atom. The van der Waals surface area contributed by atoms with E-state index in [1.165, 1.54) is 12.1 Å². The Kier molecular flexibility index (Phi) is 4.01. The van der Waals surface area contributed by atoms with Gasteiger partial charge in [0.2, 0.25) is 0 Å². The van der Waals surface area contributed by atoms with E-state index in [0.29, 0.717) is 18.8 Å². The average Bonchev–Trinajstić information content (AvgIpc) is 2.74. The molecular weight excluding hydrogens is 268 g/mol. The van der Waals surface area contributed by atoms with Gasteiger partial charge in [-0.1, -0.05) is 11.6 Å². The Morgan fingerprint density at radius 3 is 2.95 bits per heavy atom. The van der Waals surface area contributed by atoms with E-state index in [2.05, 4.69) is 15.3 Å². The van der Waals surface area contributed by atoms with Crippen molar-refractivity contribution >= 4 is 23.4 Å². The van der Waals surface area contributed by atoms with E-state index in [-0.39, 0.29) is 10.7 Å². The predicted octanol–water partition coefficient (Wildman–Crippen LogP) is 1.82. The summed E-state index contributed by atoms with van der Waals surface area (Å²) in [6.45, 7) is 0.594. The van der Waals surface area contributed by atoms with Crippen LogP contribution in [0, 0.1) is 0 Å². The van der Waals surface area contributed by atoms with Crippen LogP contribution in [0.15, 0.2) is 24.5 Å². The Morgan fingerprint density at radius 1 is 1.53 bits per heavy atom. The highest BCUT2D eigenvalue weighted by atomic mass is 35.5. The fourth-order valence-corrected chi connectivity index (χ4v) is 1.86. The van der Waals surface area contributed by atoms with Gasteiger partial charge in [0.1, 0.15) is 16.8 Å². The maximum absolute atomic E-state index is 10.9. The van der Waals surface area contributed by atoms with Crippen molar-refractivity contribution in [3.8, 4) is 0 Å². The third kappa shape index (κ3) is 3.45. The lowest BCUT2D eigenvalue weighted by Crippen LogP contribution is -2.10. The molecular formula is C12H13ClN4O2. The fraction of sp³-hybridized carbons (Fsp3) is 0.250. The predicted molar refractivity (Wildman–Crippen MR) is 71.6 cm³/mol. The van der Waals surface area contributed by atoms with Crippen LogP contribution in [0.1, 0.15) is 16.2 Å². The maximum atomic E-state index is 10.9. The van der Waals surface area contributed by atoms with Crippen molar-refractivity contribution in [2.75, 3.05) is 11.9 Å². The summed E-state index contributed by atoms with van der Waals surface area (Å²) < 4.78 is 1.93. The molecule has 2 rings (SSSR count). The summed E-state index contributed by atoms with van der Waals surface area (Å²) in [5.74, 6) is 0.351. The molecule has 0 aliphatic carbocycles. The number of hydrogen-bond donors (Lipinski definition) is 2. The Labute approximate surface area is 115 Å². The number of nitrogens with one attached hydrogen (secondary N) is 1. The van der Waals surface area contributed by atoms with Crippen LogP contribution >= 0.6 is 11.6 Å². The standard InChI is InChI=1S/C12H13ClN4O2/c1-17-5-4-15-11(17)2-3-14-10-7-8(12(18)19)6-9(13)16-10/h4-7H,2-3H2,1H3,(H,14,16)(H,18,19). The lowest BCUT2D eigenvalue weighted by Gasteiger charge is -2.07. The monoisotopic (exact) mass is 280 g/mol. The third-order valence-electron chi connectivity index (χ3n) is 2.62. The van der Waals surface area contributed by atoms with Crippen LogP contribution in [-0.2, 0) is 13.5 Å². The summed E-state index contributed by atoms with van der Waals surface area (Å²) >= 11 is 5.77. The number of nitrogens with zero attached hydrogens (tertiary/aromatic N) is 3. The summed E-state index contributed by atoms with van der Waals surface area (Å²) in [7, 11) is 1.92. The molecule has 2 heterocycles. The van der Waals surface area contributed by atoms with Crippen molar-refractivity contribution in [2.24, 2.45) is 7.05 Å². The van der Waals surface area contributed by atoms with Crippen LogP contribution in [0.5, 0.6) is 0 Å². The topological polar surface area (TPSA) is 80.0 Å². The van der Waals surface area contributed by atoms with E-state index >= 15 is 0 Å². The van der Waals surface area contributed by atoms with Gasteiger partial charge in [-0.3, -0.25) is 0 Å². The highest BCUT2D eigenvalue weighted by Gasteiger charge is 2.07. The van der Waals surface area contributed by atoms with Crippen LogP contribution in [-0.4, -0.2) is 32.2 Å². The van der Waals surface area contributed by atoms with Crippen LogP contribution < -0.4 is 5.32 Å². The minimum Gasteiger partial charge on any atom is -0.478 e. The molecule has 2 aromatic heterocycles.